The van der Waals surface area contributed by atoms with Crippen molar-refractivity contribution < 1.29 is 24.2 Å². The third-order valence-corrected chi connectivity index (χ3v) is 2.60. The molecule has 2 atom stereocenters. The molecule has 0 aromatic rings. The number of nitrogens with one attached hydrogen (secondary N) is 2. The number of carboxylic acid groups (broad SMARTS) is 1. The van der Waals surface area contributed by atoms with E-state index >= 15 is 0 Å². The van der Waals surface area contributed by atoms with Crippen molar-refractivity contribution in [2.24, 2.45) is 5.41 Å². The van der Waals surface area contributed by atoms with Gasteiger partial charge in [0, 0.05) is 6.04 Å². The van der Waals surface area contributed by atoms with E-state index in [1.54, 1.807) is 6.92 Å². The fourth-order valence-corrected chi connectivity index (χ4v) is 1.87. The number of hydrogen-bond donors (Lipinski definition) is 3. The summed E-state index contributed by atoms with van der Waals surface area (Å²) in [6.07, 6.45) is 0.346. The summed E-state index contributed by atoms with van der Waals surface area (Å²) in [7, 11) is 0. The number of carboxylic acids is 1. The van der Waals surface area contributed by atoms with E-state index in [-0.39, 0.29) is 18.4 Å². The van der Waals surface area contributed by atoms with E-state index in [2.05, 4.69) is 10.6 Å². The van der Waals surface area contributed by atoms with E-state index < -0.39 is 30.1 Å². The van der Waals surface area contributed by atoms with Crippen LogP contribution in [-0.2, 0) is 14.3 Å². The van der Waals surface area contributed by atoms with Crippen LogP contribution in [0.15, 0.2) is 0 Å². The third kappa shape index (κ3) is 9.70. The quantitative estimate of drug-likeness (QED) is 0.618. The molecule has 0 aliphatic rings. The van der Waals surface area contributed by atoms with Gasteiger partial charge in [0.2, 0.25) is 0 Å². The van der Waals surface area contributed by atoms with E-state index in [4.69, 9.17) is 9.84 Å². The van der Waals surface area contributed by atoms with Gasteiger partial charge < -0.3 is 20.5 Å². The monoisotopic (exact) mass is 302 g/mol. The summed E-state index contributed by atoms with van der Waals surface area (Å²) >= 11 is 0. The molecule has 0 heterocycles. The first kappa shape index (κ1) is 19.2. The number of aliphatic carboxylic acids is 1. The second-order valence-electron chi connectivity index (χ2n) is 6.15. The minimum atomic E-state index is -0.983. The van der Waals surface area contributed by atoms with Crippen LogP contribution in [0.1, 0.15) is 47.5 Å². The summed E-state index contributed by atoms with van der Waals surface area (Å²) in [6.45, 7) is 9.30. The fraction of sp³-hybridized carbons (Fsp3) is 0.786. The molecular weight excluding hydrogens is 276 g/mol. The second kappa shape index (κ2) is 8.49. The summed E-state index contributed by atoms with van der Waals surface area (Å²) in [5.41, 5.74) is -0.125. The van der Waals surface area contributed by atoms with Gasteiger partial charge in [-0.25, -0.2) is 9.59 Å². The van der Waals surface area contributed by atoms with E-state index in [9.17, 15) is 14.4 Å². The van der Waals surface area contributed by atoms with E-state index in [0.29, 0.717) is 6.42 Å². The third-order valence-electron chi connectivity index (χ3n) is 2.60. The van der Waals surface area contributed by atoms with Gasteiger partial charge >= 0.3 is 18.0 Å². The Kier molecular flexibility index (Phi) is 7.76. The first-order valence-electron chi connectivity index (χ1n) is 7.00. The van der Waals surface area contributed by atoms with Gasteiger partial charge in [-0.1, -0.05) is 20.8 Å². The summed E-state index contributed by atoms with van der Waals surface area (Å²) < 4.78 is 4.78. The number of carbonyl (C=O) groups is 3. The van der Waals surface area contributed by atoms with Crippen molar-refractivity contribution in [3.63, 3.8) is 0 Å². The van der Waals surface area contributed by atoms with Crippen LogP contribution in [0.2, 0.25) is 0 Å². The molecule has 7 nitrogen and oxygen atoms in total. The van der Waals surface area contributed by atoms with Crippen LogP contribution in [0.5, 0.6) is 0 Å². The highest BCUT2D eigenvalue weighted by Crippen LogP contribution is 2.22. The molecule has 0 fully saturated rings. The molecule has 21 heavy (non-hydrogen) atoms. The molecule has 0 aliphatic heterocycles. The minimum Gasteiger partial charge on any atom is -0.481 e. The number of ether oxygens (including phenoxy) is 1. The minimum absolute atomic E-state index is 0.125. The molecule has 0 rings (SSSR count). The van der Waals surface area contributed by atoms with Crippen LogP contribution >= 0.6 is 0 Å². The Balaban J connectivity index is 4.52. The molecule has 0 aliphatic carbocycles. The number of esters is 1. The topological polar surface area (TPSA) is 105 Å². The normalized spacial score (nSPS) is 14.0. The zero-order valence-corrected chi connectivity index (χ0v) is 13.4. The highest BCUT2D eigenvalue weighted by atomic mass is 16.5. The SMILES string of the molecule is CCOC(=O)C(C)NC(=O)NC(CC(=O)O)CC(C)(C)C. The Labute approximate surface area is 125 Å². The summed E-state index contributed by atoms with van der Waals surface area (Å²) in [4.78, 5) is 34.1. The van der Waals surface area contributed by atoms with Crippen LogP contribution in [0.25, 0.3) is 0 Å². The molecule has 0 saturated carbocycles. The van der Waals surface area contributed by atoms with Crippen LogP contribution in [0.3, 0.4) is 0 Å². The fourth-order valence-electron chi connectivity index (χ4n) is 1.87. The van der Waals surface area contributed by atoms with Crippen LogP contribution in [0.4, 0.5) is 4.79 Å². The summed E-state index contributed by atoms with van der Waals surface area (Å²) in [5, 5.41) is 13.9. The Bertz CT molecular complexity index is 376. The summed E-state index contributed by atoms with van der Waals surface area (Å²) in [6, 6.07) is -1.87. The van der Waals surface area contributed by atoms with Crippen molar-refractivity contribution in [1.29, 1.82) is 0 Å². The zero-order valence-electron chi connectivity index (χ0n) is 13.4. The molecule has 122 valence electrons. The molecule has 7 heteroatoms. The standard InChI is InChI=1S/C14H26N2O5/c1-6-21-12(19)9(2)15-13(20)16-10(7-11(17)18)8-14(3,4)5/h9-10H,6-8H2,1-5H3,(H,17,18)(H2,15,16,20). The highest BCUT2D eigenvalue weighted by molar-refractivity contribution is 5.83. The lowest BCUT2D eigenvalue weighted by molar-refractivity contribution is -0.145. The van der Waals surface area contributed by atoms with Crippen molar-refractivity contribution >= 4 is 18.0 Å². The van der Waals surface area contributed by atoms with E-state index in [1.165, 1.54) is 6.92 Å². The van der Waals surface area contributed by atoms with Gasteiger partial charge in [0.25, 0.3) is 0 Å². The Hall–Kier alpha value is -1.79. The maximum absolute atomic E-state index is 11.8. The zero-order chi connectivity index (χ0) is 16.6. The van der Waals surface area contributed by atoms with Gasteiger partial charge in [0.15, 0.2) is 0 Å². The lowest BCUT2D eigenvalue weighted by Gasteiger charge is -2.26. The van der Waals surface area contributed by atoms with E-state index in [1.807, 2.05) is 20.8 Å². The van der Waals surface area contributed by atoms with Crippen molar-refractivity contribution in [1.82, 2.24) is 10.6 Å². The van der Waals surface area contributed by atoms with Crippen molar-refractivity contribution in [2.45, 2.75) is 59.5 Å². The maximum Gasteiger partial charge on any atom is 0.328 e. The molecule has 0 aromatic heterocycles. The van der Waals surface area contributed by atoms with Gasteiger partial charge in [0.1, 0.15) is 6.04 Å². The van der Waals surface area contributed by atoms with E-state index in [0.717, 1.165) is 0 Å². The molecule has 0 saturated heterocycles. The molecular formula is C14H26N2O5. The Morgan fingerprint density at radius 2 is 1.76 bits per heavy atom. The average molecular weight is 302 g/mol. The lowest BCUT2D eigenvalue weighted by atomic mass is 9.87. The van der Waals surface area contributed by atoms with Crippen LogP contribution in [-0.4, -0.2) is 41.8 Å². The van der Waals surface area contributed by atoms with Gasteiger partial charge in [-0.2, -0.15) is 0 Å². The number of amides is 2. The predicted octanol–water partition coefficient (Wildman–Crippen LogP) is 1.52. The van der Waals surface area contributed by atoms with Gasteiger partial charge in [-0.3, -0.25) is 4.79 Å². The van der Waals surface area contributed by atoms with Gasteiger partial charge in [-0.05, 0) is 25.7 Å². The number of urea groups is 1. The smallest absolute Gasteiger partial charge is 0.328 e. The largest absolute Gasteiger partial charge is 0.481 e. The maximum atomic E-state index is 11.8. The number of rotatable bonds is 7. The van der Waals surface area contributed by atoms with Crippen molar-refractivity contribution in [3.8, 4) is 0 Å². The van der Waals surface area contributed by atoms with Gasteiger partial charge in [0.05, 0.1) is 13.0 Å². The molecule has 3 N–H and O–H groups in total. The second-order valence-corrected chi connectivity index (χ2v) is 6.15. The van der Waals surface area contributed by atoms with Crippen LogP contribution in [0, 0.1) is 5.41 Å². The number of hydrogen-bond acceptors (Lipinski definition) is 4. The van der Waals surface area contributed by atoms with Gasteiger partial charge in [-0.15, -0.1) is 0 Å². The molecule has 0 radical (unpaired) electrons. The average Bonchev–Trinajstić information content (AvgIpc) is 2.25. The molecule has 0 spiro atoms. The first-order valence-corrected chi connectivity index (χ1v) is 7.00. The molecule has 2 amide bonds. The van der Waals surface area contributed by atoms with Crippen LogP contribution < -0.4 is 10.6 Å². The Morgan fingerprint density at radius 1 is 1.19 bits per heavy atom. The van der Waals surface area contributed by atoms with Crippen molar-refractivity contribution in [3.05, 3.63) is 0 Å². The first-order chi connectivity index (χ1) is 9.55. The summed E-state index contributed by atoms with van der Waals surface area (Å²) in [5.74, 6) is -1.51. The molecule has 0 bridgehead atoms. The highest BCUT2D eigenvalue weighted by Gasteiger charge is 2.24. The lowest BCUT2D eigenvalue weighted by Crippen LogP contribution is -2.49. The molecule has 0 aromatic carbocycles. The Morgan fingerprint density at radius 3 is 2.19 bits per heavy atom. The predicted molar refractivity (Wildman–Crippen MR) is 77.9 cm³/mol. The van der Waals surface area contributed by atoms with Crippen molar-refractivity contribution in [2.75, 3.05) is 6.61 Å². The number of carbonyl (C=O) groups excluding carboxylic acids is 2. The molecule has 2 unspecified atom stereocenters.